The zero-order valence-corrected chi connectivity index (χ0v) is 11.2. The number of methoxy groups -OCH3 is 1. The number of hydrogen-bond donors (Lipinski definition) is 2. The van der Waals surface area contributed by atoms with Crippen molar-refractivity contribution in [3.05, 3.63) is 35.4 Å². The van der Waals surface area contributed by atoms with E-state index in [1.807, 2.05) is 24.3 Å². The molecular formula is C13H18O4S. The molecule has 18 heavy (non-hydrogen) atoms. The zero-order chi connectivity index (χ0) is 13.4. The van der Waals surface area contributed by atoms with Crippen molar-refractivity contribution in [2.45, 2.75) is 18.3 Å². The Morgan fingerprint density at radius 3 is 2.67 bits per heavy atom. The Hall–Kier alpha value is -1.04. The number of hydrogen-bond acceptors (Lipinski definition) is 5. The van der Waals surface area contributed by atoms with Crippen LogP contribution in [-0.4, -0.2) is 41.8 Å². The molecule has 0 fully saturated rings. The van der Waals surface area contributed by atoms with Gasteiger partial charge in [-0.3, -0.25) is 4.79 Å². The third kappa shape index (κ3) is 5.08. The van der Waals surface area contributed by atoms with Crippen LogP contribution in [0.4, 0.5) is 0 Å². The minimum Gasteiger partial charge on any atom is -0.469 e. The van der Waals surface area contributed by atoms with Gasteiger partial charge in [-0.1, -0.05) is 24.3 Å². The van der Waals surface area contributed by atoms with Crippen LogP contribution in [0.3, 0.4) is 0 Å². The molecule has 5 heteroatoms. The van der Waals surface area contributed by atoms with Gasteiger partial charge in [0.05, 0.1) is 26.2 Å². The van der Waals surface area contributed by atoms with Crippen LogP contribution in [0, 0.1) is 0 Å². The largest absolute Gasteiger partial charge is 0.469 e. The number of ether oxygens (including phenoxy) is 1. The third-order valence-corrected chi connectivity index (χ3v) is 3.60. The highest BCUT2D eigenvalue weighted by Gasteiger charge is 2.08. The average Bonchev–Trinajstić information content (AvgIpc) is 2.40. The number of aliphatic hydroxyl groups excluding tert-OH is 2. The van der Waals surface area contributed by atoms with Gasteiger partial charge >= 0.3 is 5.97 Å². The van der Waals surface area contributed by atoms with E-state index in [0.717, 1.165) is 11.1 Å². The summed E-state index contributed by atoms with van der Waals surface area (Å²) in [4.78, 5) is 11.3. The lowest BCUT2D eigenvalue weighted by Gasteiger charge is -2.10. The van der Waals surface area contributed by atoms with Crippen molar-refractivity contribution in [3.63, 3.8) is 0 Å². The highest BCUT2D eigenvalue weighted by molar-refractivity contribution is 7.98. The Kier molecular flexibility index (Phi) is 6.78. The standard InChI is InChI=1S/C13H18O4S/c1-17-13(16)6-10-4-2-3-5-11(10)8-18-9-12(15)7-14/h2-5,12,14-15H,6-9H2,1H3. The Balaban J connectivity index is 2.56. The quantitative estimate of drug-likeness (QED) is 0.723. The van der Waals surface area contributed by atoms with Gasteiger partial charge < -0.3 is 14.9 Å². The van der Waals surface area contributed by atoms with Gasteiger partial charge in [-0.2, -0.15) is 11.8 Å². The van der Waals surface area contributed by atoms with Crippen LogP contribution in [0.25, 0.3) is 0 Å². The number of thioether (sulfide) groups is 1. The second kappa shape index (κ2) is 8.13. The summed E-state index contributed by atoms with van der Waals surface area (Å²) >= 11 is 1.53. The van der Waals surface area contributed by atoms with E-state index in [2.05, 4.69) is 4.74 Å². The highest BCUT2D eigenvalue weighted by Crippen LogP contribution is 2.18. The van der Waals surface area contributed by atoms with Gasteiger partial charge in [0.15, 0.2) is 0 Å². The van der Waals surface area contributed by atoms with Crippen LogP contribution < -0.4 is 0 Å². The van der Waals surface area contributed by atoms with Gasteiger partial charge in [-0.05, 0) is 11.1 Å². The molecule has 0 aliphatic rings. The summed E-state index contributed by atoms with van der Waals surface area (Å²) in [5, 5.41) is 18.0. The molecule has 0 saturated carbocycles. The van der Waals surface area contributed by atoms with Crippen molar-refractivity contribution in [1.82, 2.24) is 0 Å². The van der Waals surface area contributed by atoms with E-state index >= 15 is 0 Å². The van der Waals surface area contributed by atoms with E-state index in [1.54, 1.807) is 0 Å². The first-order chi connectivity index (χ1) is 8.67. The van der Waals surface area contributed by atoms with E-state index in [-0.39, 0.29) is 19.0 Å². The maximum absolute atomic E-state index is 11.3. The second-order valence-electron chi connectivity index (χ2n) is 3.87. The smallest absolute Gasteiger partial charge is 0.309 e. The molecule has 1 unspecified atom stereocenters. The maximum atomic E-state index is 11.3. The fourth-order valence-corrected chi connectivity index (χ4v) is 2.45. The van der Waals surface area contributed by atoms with Crippen LogP contribution >= 0.6 is 11.8 Å². The summed E-state index contributed by atoms with van der Waals surface area (Å²) in [6, 6.07) is 7.65. The van der Waals surface area contributed by atoms with E-state index in [0.29, 0.717) is 11.5 Å². The molecule has 1 aromatic rings. The predicted molar refractivity (Wildman–Crippen MR) is 71.4 cm³/mol. The zero-order valence-electron chi connectivity index (χ0n) is 10.3. The first kappa shape index (κ1) is 15.0. The molecule has 0 aromatic heterocycles. The van der Waals surface area contributed by atoms with Crippen molar-refractivity contribution < 1.29 is 19.7 Å². The van der Waals surface area contributed by atoms with Crippen LogP contribution in [-0.2, 0) is 21.7 Å². The second-order valence-corrected chi connectivity index (χ2v) is 4.90. The predicted octanol–water partition coefficient (Wildman–Crippen LogP) is 0.988. The van der Waals surface area contributed by atoms with Gasteiger partial charge in [0.25, 0.3) is 0 Å². The van der Waals surface area contributed by atoms with Crippen LogP contribution in [0.1, 0.15) is 11.1 Å². The van der Waals surface area contributed by atoms with Crippen molar-refractivity contribution >= 4 is 17.7 Å². The van der Waals surface area contributed by atoms with Gasteiger partial charge in [0, 0.05) is 11.5 Å². The number of benzene rings is 1. The SMILES string of the molecule is COC(=O)Cc1ccccc1CSCC(O)CO. The number of esters is 1. The van der Waals surface area contributed by atoms with E-state index in [4.69, 9.17) is 5.11 Å². The Morgan fingerprint density at radius 1 is 1.39 bits per heavy atom. The lowest BCUT2D eigenvalue weighted by molar-refractivity contribution is -0.139. The fraction of sp³-hybridized carbons (Fsp3) is 0.462. The molecule has 0 radical (unpaired) electrons. The lowest BCUT2D eigenvalue weighted by atomic mass is 10.1. The topological polar surface area (TPSA) is 66.8 Å². The molecule has 1 rings (SSSR count). The summed E-state index contributed by atoms with van der Waals surface area (Å²) in [6.07, 6.45) is -0.432. The van der Waals surface area contributed by atoms with Gasteiger partial charge in [0.2, 0.25) is 0 Å². The molecule has 0 aliphatic carbocycles. The number of carbonyl (C=O) groups is 1. The number of aliphatic hydroxyl groups is 2. The lowest BCUT2D eigenvalue weighted by Crippen LogP contribution is -2.15. The molecule has 2 N–H and O–H groups in total. The van der Waals surface area contributed by atoms with E-state index in [1.165, 1.54) is 18.9 Å². The Morgan fingerprint density at radius 2 is 2.06 bits per heavy atom. The first-order valence-electron chi connectivity index (χ1n) is 5.67. The molecule has 1 aromatic carbocycles. The van der Waals surface area contributed by atoms with Crippen molar-refractivity contribution in [3.8, 4) is 0 Å². The normalized spacial score (nSPS) is 12.2. The molecule has 0 spiro atoms. The molecule has 0 bridgehead atoms. The average molecular weight is 270 g/mol. The highest BCUT2D eigenvalue weighted by atomic mass is 32.2. The minimum absolute atomic E-state index is 0.225. The summed E-state index contributed by atoms with van der Waals surface area (Å²) in [7, 11) is 1.37. The molecule has 4 nitrogen and oxygen atoms in total. The monoisotopic (exact) mass is 270 g/mol. The van der Waals surface area contributed by atoms with Crippen LogP contribution in [0.5, 0.6) is 0 Å². The van der Waals surface area contributed by atoms with Gasteiger partial charge in [-0.15, -0.1) is 0 Å². The summed E-state index contributed by atoms with van der Waals surface area (Å²) in [5.74, 6) is 0.913. The summed E-state index contributed by atoms with van der Waals surface area (Å²) < 4.78 is 4.65. The Labute approximate surface area is 111 Å². The summed E-state index contributed by atoms with van der Waals surface area (Å²) in [5.41, 5.74) is 1.99. The number of rotatable bonds is 7. The molecular weight excluding hydrogens is 252 g/mol. The van der Waals surface area contributed by atoms with Crippen molar-refractivity contribution in [2.24, 2.45) is 0 Å². The fourth-order valence-electron chi connectivity index (χ4n) is 1.46. The van der Waals surface area contributed by atoms with Crippen molar-refractivity contribution in [2.75, 3.05) is 19.5 Å². The Bertz CT molecular complexity index is 381. The molecule has 0 heterocycles. The number of carbonyl (C=O) groups excluding carboxylic acids is 1. The van der Waals surface area contributed by atoms with E-state index < -0.39 is 6.10 Å². The molecule has 100 valence electrons. The van der Waals surface area contributed by atoms with Crippen LogP contribution in [0.2, 0.25) is 0 Å². The van der Waals surface area contributed by atoms with Crippen LogP contribution in [0.15, 0.2) is 24.3 Å². The first-order valence-corrected chi connectivity index (χ1v) is 6.83. The molecule has 1 atom stereocenters. The van der Waals surface area contributed by atoms with Crippen molar-refractivity contribution in [1.29, 1.82) is 0 Å². The molecule has 0 amide bonds. The maximum Gasteiger partial charge on any atom is 0.309 e. The minimum atomic E-state index is -0.692. The third-order valence-electron chi connectivity index (χ3n) is 2.46. The van der Waals surface area contributed by atoms with Gasteiger partial charge in [-0.25, -0.2) is 0 Å². The molecule has 0 saturated heterocycles. The summed E-state index contributed by atoms with van der Waals surface area (Å²) in [6.45, 7) is -0.225. The van der Waals surface area contributed by atoms with Gasteiger partial charge in [0.1, 0.15) is 0 Å². The molecule has 0 aliphatic heterocycles. The van der Waals surface area contributed by atoms with E-state index in [9.17, 15) is 9.90 Å².